The maximum Gasteiger partial charge on any atom is 0.133 e. The summed E-state index contributed by atoms with van der Waals surface area (Å²) in [5, 5.41) is 12.7. The SMILES string of the molecule is COc1ccc(CNCc2ccccc2CO)cc1Br. The molecule has 0 fully saturated rings. The zero-order valence-electron chi connectivity index (χ0n) is 11.4. The lowest BCUT2D eigenvalue weighted by molar-refractivity contribution is 0.280. The Morgan fingerprint density at radius 2 is 1.85 bits per heavy atom. The average molecular weight is 336 g/mol. The molecule has 0 radical (unpaired) electrons. The van der Waals surface area contributed by atoms with Crippen molar-refractivity contribution in [2.24, 2.45) is 0 Å². The van der Waals surface area contributed by atoms with Gasteiger partial charge in [0, 0.05) is 13.1 Å². The van der Waals surface area contributed by atoms with Crippen LogP contribution in [0.4, 0.5) is 0 Å². The molecule has 0 saturated heterocycles. The number of hydrogen-bond donors (Lipinski definition) is 2. The van der Waals surface area contributed by atoms with Crippen molar-refractivity contribution in [3.63, 3.8) is 0 Å². The molecule has 0 atom stereocenters. The largest absolute Gasteiger partial charge is 0.496 e. The topological polar surface area (TPSA) is 41.5 Å². The Labute approximate surface area is 127 Å². The van der Waals surface area contributed by atoms with Crippen LogP contribution in [-0.2, 0) is 19.7 Å². The molecule has 0 aliphatic rings. The maximum atomic E-state index is 9.28. The van der Waals surface area contributed by atoms with Crippen LogP contribution in [0.25, 0.3) is 0 Å². The van der Waals surface area contributed by atoms with E-state index in [9.17, 15) is 5.11 Å². The van der Waals surface area contributed by atoms with Crippen molar-refractivity contribution < 1.29 is 9.84 Å². The van der Waals surface area contributed by atoms with Crippen molar-refractivity contribution in [3.8, 4) is 5.75 Å². The number of halogens is 1. The van der Waals surface area contributed by atoms with Crippen molar-refractivity contribution in [2.75, 3.05) is 7.11 Å². The molecule has 0 saturated carbocycles. The Morgan fingerprint density at radius 1 is 1.10 bits per heavy atom. The first-order valence-corrected chi connectivity index (χ1v) is 7.24. The molecule has 0 aliphatic heterocycles. The zero-order valence-corrected chi connectivity index (χ0v) is 13.0. The van der Waals surface area contributed by atoms with Crippen LogP contribution in [0.3, 0.4) is 0 Å². The Bertz CT molecular complexity index is 572. The van der Waals surface area contributed by atoms with Gasteiger partial charge in [-0.3, -0.25) is 0 Å². The van der Waals surface area contributed by atoms with Gasteiger partial charge in [0.25, 0.3) is 0 Å². The van der Waals surface area contributed by atoms with E-state index in [4.69, 9.17) is 4.74 Å². The molecule has 20 heavy (non-hydrogen) atoms. The van der Waals surface area contributed by atoms with Gasteiger partial charge in [0.2, 0.25) is 0 Å². The Kier molecular flexibility index (Phi) is 5.59. The third-order valence-electron chi connectivity index (χ3n) is 3.15. The van der Waals surface area contributed by atoms with E-state index in [2.05, 4.69) is 21.2 Å². The lowest BCUT2D eigenvalue weighted by Gasteiger charge is -2.10. The summed E-state index contributed by atoms with van der Waals surface area (Å²) in [5.74, 6) is 0.833. The summed E-state index contributed by atoms with van der Waals surface area (Å²) in [7, 11) is 1.66. The first kappa shape index (κ1) is 15.0. The molecule has 0 aliphatic carbocycles. The molecular formula is C16H18BrNO2. The van der Waals surface area contributed by atoms with Crippen LogP contribution in [0.1, 0.15) is 16.7 Å². The highest BCUT2D eigenvalue weighted by atomic mass is 79.9. The van der Waals surface area contributed by atoms with Gasteiger partial charge in [0.15, 0.2) is 0 Å². The summed E-state index contributed by atoms with van der Waals surface area (Å²) in [4.78, 5) is 0. The fourth-order valence-corrected chi connectivity index (χ4v) is 2.63. The summed E-state index contributed by atoms with van der Waals surface area (Å²) < 4.78 is 6.16. The summed E-state index contributed by atoms with van der Waals surface area (Å²) in [6.07, 6.45) is 0. The average Bonchev–Trinajstić information content (AvgIpc) is 2.48. The van der Waals surface area contributed by atoms with Crippen molar-refractivity contribution in [1.29, 1.82) is 0 Å². The smallest absolute Gasteiger partial charge is 0.133 e. The molecule has 0 unspecified atom stereocenters. The summed E-state index contributed by atoms with van der Waals surface area (Å²) in [5.41, 5.74) is 3.28. The van der Waals surface area contributed by atoms with E-state index in [1.165, 1.54) is 5.56 Å². The highest BCUT2D eigenvalue weighted by Crippen LogP contribution is 2.25. The van der Waals surface area contributed by atoms with E-state index in [0.717, 1.165) is 34.4 Å². The second-order valence-electron chi connectivity index (χ2n) is 4.50. The van der Waals surface area contributed by atoms with Crippen LogP contribution in [-0.4, -0.2) is 12.2 Å². The number of aliphatic hydroxyl groups is 1. The number of nitrogens with one attached hydrogen (secondary N) is 1. The van der Waals surface area contributed by atoms with Gasteiger partial charge in [-0.15, -0.1) is 0 Å². The number of rotatable bonds is 6. The number of benzene rings is 2. The van der Waals surface area contributed by atoms with Crippen LogP contribution in [0.15, 0.2) is 46.9 Å². The molecule has 0 heterocycles. The fraction of sp³-hybridized carbons (Fsp3) is 0.250. The first-order chi connectivity index (χ1) is 9.74. The van der Waals surface area contributed by atoms with Crippen LogP contribution >= 0.6 is 15.9 Å². The summed E-state index contributed by atoms with van der Waals surface area (Å²) >= 11 is 3.48. The number of ether oxygens (including phenoxy) is 1. The van der Waals surface area contributed by atoms with E-state index in [1.807, 2.05) is 42.5 Å². The third-order valence-corrected chi connectivity index (χ3v) is 3.77. The van der Waals surface area contributed by atoms with Gasteiger partial charge in [-0.05, 0) is 44.8 Å². The molecule has 0 amide bonds. The van der Waals surface area contributed by atoms with Crippen molar-refractivity contribution >= 4 is 15.9 Å². The van der Waals surface area contributed by atoms with Crippen LogP contribution < -0.4 is 10.1 Å². The second-order valence-corrected chi connectivity index (χ2v) is 5.35. The van der Waals surface area contributed by atoms with Crippen molar-refractivity contribution in [2.45, 2.75) is 19.7 Å². The molecule has 0 aromatic heterocycles. The number of methoxy groups -OCH3 is 1. The summed E-state index contributed by atoms with van der Waals surface area (Å²) in [6.45, 7) is 1.58. The van der Waals surface area contributed by atoms with E-state index in [1.54, 1.807) is 7.11 Å². The van der Waals surface area contributed by atoms with E-state index in [-0.39, 0.29) is 6.61 Å². The predicted molar refractivity (Wildman–Crippen MR) is 83.6 cm³/mol. The quantitative estimate of drug-likeness (QED) is 0.851. The van der Waals surface area contributed by atoms with Crippen LogP contribution in [0.5, 0.6) is 5.75 Å². The minimum Gasteiger partial charge on any atom is -0.496 e. The van der Waals surface area contributed by atoms with Gasteiger partial charge in [-0.25, -0.2) is 0 Å². The van der Waals surface area contributed by atoms with Gasteiger partial charge in [-0.2, -0.15) is 0 Å². The summed E-state index contributed by atoms with van der Waals surface area (Å²) in [6, 6.07) is 13.9. The Balaban J connectivity index is 1.94. The molecule has 2 aromatic rings. The molecule has 106 valence electrons. The maximum absolute atomic E-state index is 9.28. The molecule has 4 heteroatoms. The fourth-order valence-electron chi connectivity index (χ4n) is 2.05. The minimum absolute atomic E-state index is 0.0753. The monoisotopic (exact) mass is 335 g/mol. The Morgan fingerprint density at radius 3 is 2.50 bits per heavy atom. The molecule has 3 nitrogen and oxygen atoms in total. The molecule has 0 bridgehead atoms. The van der Waals surface area contributed by atoms with Gasteiger partial charge in [0.05, 0.1) is 18.2 Å². The normalized spacial score (nSPS) is 10.6. The molecule has 0 spiro atoms. The van der Waals surface area contributed by atoms with Gasteiger partial charge in [-0.1, -0.05) is 30.3 Å². The zero-order chi connectivity index (χ0) is 14.4. The minimum atomic E-state index is 0.0753. The first-order valence-electron chi connectivity index (χ1n) is 6.45. The lowest BCUT2D eigenvalue weighted by Crippen LogP contribution is -2.14. The molecule has 2 aromatic carbocycles. The predicted octanol–water partition coefficient (Wildman–Crippen LogP) is 3.24. The third kappa shape index (κ3) is 3.82. The number of aliphatic hydroxyl groups excluding tert-OH is 1. The highest BCUT2D eigenvalue weighted by molar-refractivity contribution is 9.10. The molecule has 2 N–H and O–H groups in total. The molecule has 2 rings (SSSR count). The standard InChI is InChI=1S/C16H18BrNO2/c1-20-16-7-6-12(8-15(16)17)9-18-10-13-4-2-3-5-14(13)11-19/h2-8,18-19H,9-11H2,1H3. The molecular weight excluding hydrogens is 318 g/mol. The van der Waals surface area contributed by atoms with E-state index >= 15 is 0 Å². The van der Waals surface area contributed by atoms with Crippen molar-refractivity contribution in [1.82, 2.24) is 5.32 Å². The van der Waals surface area contributed by atoms with E-state index < -0.39 is 0 Å². The van der Waals surface area contributed by atoms with E-state index in [0.29, 0.717) is 0 Å². The lowest BCUT2D eigenvalue weighted by atomic mass is 10.1. The van der Waals surface area contributed by atoms with Crippen molar-refractivity contribution in [3.05, 3.63) is 63.6 Å². The van der Waals surface area contributed by atoms with Gasteiger partial charge >= 0.3 is 0 Å². The van der Waals surface area contributed by atoms with Gasteiger partial charge < -0.3 is 15.2 Å². The Hall–Kier alpha value is -1.36. The van der Waals surface area contributed by atoms with Gasteiger partial charge in [0.1, 0.15) is 5.75 Å². The van der Waals surface area contributed by atoms with Crippen LogP contribution in [0.2, 0.25) is 0 Å². The van der Waals surface area contributed by atoms with Crippen LogP contribution in [0, 0.1) is 0 Å². The second kappa shape index (κ2) is 7.43. The highest BCUT2D eigenvalue weighted by Gasteiger charge is 2.03. The number of hydrogen-bond acceptors (Lipinski definition) is 3.